The lowest BCUT2D eigenvalue weighted by molar-refractivity contribution is -0.116. The predicted octanol–water partition coefficient (Wildman–Crippen LogP) is 2.74. The van der Waals surface area contributed by atoms with Gasteiger partial charge in [-0.2, -0.15) is 0 Å². The van der Waals surface area contributed by atoms with Gasteiger partial charge in [-0.15, -0.1) is 24.0 Å². The van der Waals surface area contributed by atoms with Gasteiger partial charge >= 0.3 is 0 Å². The Labute approximate surface area is 192 Å². The number of halogens is 2. The lowest BCUT2D eigenvalue weighted by Crippen LogP contribution is -2.40. The van der Waals surface area contributed by atoms with Crippen LogP contribution in [0, 0.1) is 5.41 Å². The molecule has 0 bridgehead atoms. The maximum absolute atomic E-state index is 12.1. The van der Waals surface area contributed by atoms with Gasteiger partial charge in [-0.05, 0) is 44.0 Å². The van der Waals surface area contributed by atoms with Crippen LogP contribution in [0.3, 0.4) is 0 Å². The molecule has 1 saturated heterocycles. The number of nitrogens with zero attached hydrogens (tertiary/aromatic N) is 1. The number of nitrogens with one attached hydrogen (secondary N) is 3. The Kier molecular flexibility index (Phi) is 12.0. The van der Waals surface area contributed by atoms with Gasteiger partial charge in [0.05, 0.1) is 13.2 Å². The fraction of sp³-hybridized carbons (Fsp3) is 0.579. The molecule has 2 rings (SSSR count). The fourth-order valence-electron chi connectivity index (χ4n) is 2.93. The van der Waals surface area contributed by atoms with Crippen LogP contribution in [0.1, 0.15) is 26.2 Å². The van der Waals surface area contributed by atoms with Gasteiger partial charge in [0, 0.05) is 48.3 Å². The minimum atomic E-state index is -0.0872. The molecule has 1 atom stereocenters. The lowest BCUT2D eigenvalue weighted by Gasteiger charge is -2.24. The zero-order chi connectivity index (χ0) is 19.5. The molecular weight excluding hydrogens is 539 g/mol. The monoisotopic (exact) mass is 568 g/mol. The van der Waals surface area contributed by atoms with Crippen molar-refractivity contribution in [3.8, 4) is 0 Å². The molecule has 158 valence electrons. The number of amides is 1. The Morgan fingerprint density at radius 1 is 1.32 bits per heavy atom. The topological polar surface area (TPSA) is 95.0 Å². The molecule has 0 saturated carbocycles. The summed E-state index contributed by atoms with van der Waals surface area (Å²) in [6, 6.07) is 7.48. The Hall–Kier alpha value is -0.910. The van der Waals surface area contributed by atoms with Crippen LogP contribution in [-0.4, -0.2) is 56.4 Å². The lowest BCUT2D eigenvalue weighted by atomic mass is 9.84. The van der Waals surface area contributed by atoms with Crippen molar-refractivity contribution < 1.29 is 14.6 Å². The summed E-state index contributed by atoms with van der Waals surface area (Å²) in [7, 11) is 0. The molecule has 0 radical (unpaired) electrons. The molecular formula is C19H30BrIN4O3. The highest BCUT2D eigenvalue weighted by Crippen LogP contribution is 2.32. The van der Waals surface area contributed by atoms with E-state index in [0.29, 0.717) is 38.5 Å². The number of hydrogen-bond acceptors (Lipinski definition) is 4. The molecule has 1 amide bonds. The average molecular weight is 569 g/mol. The first-order valence-electron chi connectivity index (χ1n) is 9.33. The summed E-state index contributed by atoms with van der Waals surface area (Å²) < 4.78 is 6.48. The molecule has 1 heterocycles. The second kappa shape index (κ2) is 13.3. The summed E-state index contributed by atoms with van der Waals surface area (Å²) in [6.07, 6.45) is 1.93. The van der Waals surface area contributed by atoms with Crippen LogP contribution >= 0.6 is 39.9 Å². The predicted molar refractivity (Wildman–Crippen MR) is 126 cm³/mol. The first-order chi connectivity index (χ1) is 13.1. The zero-order valence-corrected chi connectivity index (χ0v) is 20.1. The molecule has 1 unspecified atom stereocenters. The van der Waals surface area contributed by atoms with Gasteiger partial charge in [0.15, 0.2) is 5.96 Å². The molecule has 1 aliphatic heterocycles. The number of carbonyl (C=O) groups excluding carboxylic acids is 1. The van der Waals surface area contributed by atoms with Crippen LogP contribution in [0.5, 0.6) is 0 Å². The molecule has 28 heavy (non-hydrogen) atoms. The van der Waals surface area contributed by atoms with Crippen molar-refractivity contribution >= 4 is 57.5 Å². The van der Waals surface area contributed by atoms with Gasteiger partial charge < -0.3 is 25.8 Å². The van der Waals surface area contributed by atoms with E-state index in [9.17, 15) is 9.90 Å². The Morgan fingerprint density at radius 2 is 2.07 bits per heavy atom. The normalized spacial score (nSPS) is 19.0. The minimum Gasteiger partial charge on any atom is -0.396 e. The quantitative estimate of drug-likeness (QED) is 0.209. The number of aliphatic hydroxyl groups is 1. The van der Waals surface area contributed by atoms with E-state index in [0.717, 1.165) is 29.7 Å². The molecule has 0 aromatic heterocycles. The summed E-state index contributed by atoms with van der Waals surface area (Å²) >= 11 is 3.37. The molecule has 1 aliphatic rings. The van der Waals surface area contributed by atoms with Crippen LogP contribution in [0.2, 0.25) is 0 Å². The number of guanidine groups is 1. The van der Waals surface area contributed by atoms with E-state index < -0.39 is 0 Å². The maximum Gasteiger partial charge on any atom is 0.226 e. The Bertz CT molecular complexity index is 622. The van der Waals surface area contributed by atoms with Gasteiger partial charge in [-0.3, -0.25) is 9.79 Å². The Morgan fingerprint density at radius 3 is 2.68 bits per heavy atom. The van der Waals surface area contributed by atoms with E-state index in [1.165, 1.54) is 0 Å². The smallest absolute Gasteiger partial charge is 0.226 e. The van der Waals surface area contributed by atoms with E-state index in [4.69, 9.17) is 4.74 Å². The SMILES string of the molecule is CCNC(=NCC1(CCO)CCOC1)NCCC(=O)Nc1ccc(Br)cc1.I. The number of aliphatic hydroxyl groups excluding tert-OH is 1. The largest absolute Gasteiger partial charge is 0.396 e. The third-order valence-electron chi connectivity index (χ3n) is 4.52. The third-order valence-corrected chi connectivity index (χ3v) is 5.05. The molecule has 1 aromatic carbocycles. The first kappa shape index (κ1) is 25.1. The highest BCUT2D eigenvalue weighted by atomic mass is 127. The number of hydrogen-bond donors (Lipinski definition) is 4. The molecule has 9 heteroatoms. The summed E-state index contributed by atoms with van der Waals surface area (Å²) in [4.78, 5) is 16.7. The third kappa shape index (κ3) is 8.62. The van der Waals surface area contributed by atoms with E-state index >= 15 is 0 Å². The highest BCUT2D eigenvalue weighted by Gasteiger charge is 2.34. The Balaban J connectivity index is 0.00000392. The summed E-state index contributed by atoms with van der Waals surface area (Å²) in [5.41, 5.74) is 0.687. The highest BCUT2D eigenvalue weighted by molar-refractivity contribution is 14.0. The number of ether oxygens (including phenoxy) is 1. The minimum absolute atomic E-state index is 0. The van der Waals surface area contributed by atoms with Gasteiger partial charge in [0.1, 0.15) is 0 Å². The van der Waals surface area contributed by atoms with E-state index in [-0.39, 0.29) is 41.9 Å². The molecule has 1 aromatic rings. The van der Waals surface area contributed by atoms with Crippen LogP contribution in [-0.2, 0) is 9.53 Å². The standard InChI is InChI=1S/C19H29BrN4O3.HI/c1-2-21-18(23-13-19(8-11-25)9-12-27-14-19)22-10-7-17(26)24-16-5-3-15(20)4-6-16;/h3-6,25H,2,7-14H2,1H3,(H,24,26)(H2,21,22,23);1H. The number of benzene rings is 1. The first-order valence-corrected chi connectivity index (χ1v) is 10.1. The van der Waals surface area contributed by atoms with Crippen molar-refractivity contribution in [2.75, 3.05) is 44.8 Å². The van der Waals surface area contributed by atoms with Crippen molar-refractivity contribution in [2.45, 2.75) is 26.2 Å². The van der Waals surface area contributed by atoms with Gasteiger partial charge in [-0.25, -0.2) is 0 Å². The average Bonchev–Trinajstić information content (AvgIpc) is 3.11. The van der Waals surface area contributed by atoms with Crippen molar-refractivity contribution in [1.29, 1.82) is 0 Å². The fourth-order valence-corrected chi connectivity index (χ4v) is 3.19. The molecule has 1 fully saturated rings. The summed E-state index contributed by atoms with van der Waals surface area (Å²) in [5.74, 6) is 0.625. The van der Waals surface area contributed by atoms with E-state index in [1.54, 1.807) is 0 Å². The molecule has 4 N–H and O–H groups in total. The number of rotatable bonds is 9. The molecule has 7 nitrogen and oxygen atoms in total. The van der Waals surface area contributed by atoms with Crippen LogP contribution in [0.25, 0.3) is 0 Å². The van der Waals surface area contributed by atoms with Crippen molar-refractivity contribution in [3.05, 3.63) is 28.7 Å². The summed E-state index contributed by atoms with van der Waals surface area (Å²) in [6.45, 7) is 5.30. The number of carbonyl (C=O) groups is 1. The van der Waals surface area contributed by atoms with E-state index in [2.05, 4.69) is 36.9 Å². The van der Waals surface area contributed by atoms with Crippen molar-refractivity contribution in [1.82, 2.24) is 10.6 Å². The second-order valence-electron chi connectivity index (χ2n) is 6.70. The van der Waals surface area contributed by atoms with Crippen LogP contribution in [0.15, 0.2) is 33.7 Å². The number of aliphatic imine (C=N–C) groups is 1. The van der Waals surface area contributed by atoms with Crippen molar-refractivity contribution in [3.63, 3.8) is 0 Å². The van der Waals surface area contributed by atoms with Crippen molar-refractivity contribution in [2.24, 2.45) is 10.4 Å². The zero-order valence-electron chi connectivity index (χ0n) is 16.2. The van der Waals surface area contributed by atoms with Gasteiger partial charge in [-0.1, -0.05) is 15.9 Å². The van der Waals surface area contributed by atoms with Crippen LogP contribution in [0.4, 0.5) is 5.69 Å². The molecule has 0 aliphatic carbocycles. The van der Waals surface area contributed by atoms with Gasteiger partial charge in [0.25, 0.3) is 0 Å². The van der Waals surface area contributed by atoms with Crippen LogP contribution < -0.4 is 16.0 Å². The van der Waals surface area contributed by atoms with E-state index in [1.807, 2.05) is 31.2 Å². The summed E-state index contributed by atoms with van der Waals surface area (Å²) in [5, 5.41) is 18.6. The second-order valence-corrected chi connectivity index (χ2v) is 7.62. The van der Waals surface area contributed by atoms with Gasteiger partial charge in [0.2, 0.25) is 5.91 Å². The maximum atomic E-state index is 12.1. The number of anilines is 1. The molecule has 0 spiro atoms.